The van der Waals surface area contributed by atoms with Crippen LogP contribution in [0.15, 0.2) is 18.2 Å². The Kier molecular flexibility index (Phi) is 3.24. The van der Waals surface area contributed by atoms with Gasteiger partial charge in [0.05, 0.1) is 20.8 Å². The molecule has 0 aliphatic rings. The van der Waals surface area contributed by atoms with Crippen LogP contribution < -0.4 is 15.2 Å². The molecule has 0 saturated heterocycles. The van der Waals surface area contributed by atoms with Crippen molar-refractivity contribution >= 4 is 0 Å². The second-order valence-electron chi connectivity index (χ2n) is 3.35. The highest BCUT2D eigenvalue weighted by Crippen LogP contribution is 2.35. The van der Waals surface area contributed by atoms with Crippen molar-refractivity contribution in [2.75, 3.05) is 14.2 Å². The summed E-state index contributed by atoms with van der Waals surface area (Å²) >= 11 is 0. The van der Waals surface area contributed by atoms with E-state index in [-0.39, 0.29) is 0 Å². The normalized spacial score (nSPS) is 10.3. The molecule has 2 rings (SSSR count). The number of H-pyrrole nitrogens is 1. The number of aromatic nitrogens is 3. The summed E-state index contributed by atoms with van der Waals surface area (Å²) in [6.07, 6.45) is 0. The van der Waals surface area contributed by atoms with E-state index in [1.54, 1.807) is 14.2 Å². The summed E-state index contributed by atoms with van der Waals surface area (Å²) in [6, 6.07) is 5.50. The minimum Gasteiger partial charge on any atom is -0.496 e. The monoisotopic (exact) mass is 234 g/mol. The Hall–Kier alpha value is -2.08. The third-order valence-electron chi connectivity index (χ3n) is 2.38. The third-order valence-corrected chi connectivity index (χ3v) is 2.38. The number of nitrogens with two attached hydrogens (primary N) is 1. The van der Waals surface area contributed by atoms with E-state index in [0.717, 1.165) is 0 Å². The van der Waals surface area contributed by atoms with E-state index in [0.29, 0.717) is 35.3 Å². The van der Waals surface area contributed by atoms with Crippen molar-refractivity contribution in [3.05, 3.63) is 24.0 Å². The van der Waals surface area contributed by atoms with E-state index in [1.165, 1.54) is 0 Å². The molecule has 6 nitrogen and oxygen atoms in total. The summed E-state index contributed by atoms with van der Waals surface area (Å²) < 4.78 is 10.6. The molecule has 1 aromatic heterocycles. The first-order valence-electron chi connectivity index (χ1n) is 5.12. The van der Waals surface area contributed by atoms with Crippen LogP contribution in [0.1, 0.15) is 5.82 Å². The van der Waals surface area contributed by atoms with Crippen molar-refractivity contribution in [1.29, 1.82) is 0 Å². The topological polar surface area (TPSA) is 86.0 Å². The van der Waals surface area contributed by atoms with Crippen LogP contribution in [0, 0.1) is 0 Å². The molecule has 0 amide bonds. The van der Waals surface area contributed by atoms with Crippen LogP contribution in [0.2, 0.25) is 0 Å². The van der Waals surface area contributed by atoms with E-state index in [4.69, 9.17) is 15.2 Å². The van der Waals surface area contributed by atoms with Crippen LogP contribution in [0.5, 0.6) is 11.5 Å². The van der Waals surface area contributed by atoms with Gasteiger partial charge in [0.2, 0.25) is 0 Å². The first-order chi connectivity index (χ1) is 8.30. The van der Waals surface area contributed by atoms with E-state index in [2.05, 4.69) is 15.2 Å². The molecule has 0 bridgehead atoms. The highest BCUT2D eigenvalue weighted by atomic mass is 16.5. The fraction of sp³-hybridized carbons (Fsp3) is 0.273. The van der Waals surface area contributed by atoms with Crippen LogP contribution >= 0.6 is 0 Å². The molecular weight excluding hydrogens is 220 g/mol. The van der Waals surface area contributed by atoms with Gasteiger partial charge in [-0.05, 0) is 12.1 Å². The van der Waals surface area contributed by atoms with Crippen molar-refractivity contribution < 1.29 is 9.47 Å². The Bertz CT molecular complexity index is 488. The molecule has 0 aliphatic heterocycles. The second kappa shape index (κ2) is 4.84. The summed E-state index contributed by atoms with van der Waals surface area (Å²) in [4.78, 5) is 4.26. The number of nitrogens with one attached hydrogen (secondary N) is 1. The van der Waals surface area contributed by atoms with Gasteiger partial charge in [-0.1, -0.05) is 6.07 Å². The number of hydrogen-bond acceptors (Lipinski definition) is 5. The van der Waals surface area contributed by atoms with Gasteiger partial charge < -0.3 is 15.2 Å². The van der Waals surface area contributed by atoms with Crippen LogP contribution in [-0.2, 0) is 6.54 Å². The minimum absolute atomic E-state index is 0.310. The number of ether oxygens (including phenoxy) is 2. The zero-order valence-corrected chi connectivity index (χ0v) is 9.73. The van der Waals surface area contributed by atoms with Crippen LogP contribution in [0.4, 0.5) is 0 Å². The third kappa shape index (κ3) is 2.07. The fourth-order valence-electron chi connectivity index (χ4n) is 1.57. The molecule has 90 valence electrons. The highest BCUT2D eigenvalue weighted by molar-refractivity contribution is 5.71. The summed E-state index contributed by atoms with van der Waals surface area (Å²) in [7, 11) is 3.18. The first-order valence-corrected chi connectivity index (χ1v) is 5.12. The summed E-state index contributed by atoms with van der Waals surface area (Å²) in [5.74, 6) is 2.45. The van der Waals surface area contributed by atoms with Gasteiger partial charge in [0.15, 0.2) is 5.82 Å². The molecule has 2 aromatic rings. The molecule has 0 saturated carbocycles. The molecule has 0 radical (unpaired) electrons. The smallest absolute Gasteiger partial charge is 0.188 e. The molecule has 6 heteroatoms. The standard InChI is InChI=1S/C11H14N4O2/c1-16-7-4-3-5-8(17-2)10(7)11-13-9(6-12)14-15-11/h3-5H,6,12H2,1-2H3,(H,13,14,15). The second-order valence-corrected chi connectivity index (χ2v) is 3.35. The van der Waals surface area contributed by atoms with Crippen molar-refractivity contribution in [2.24, 2.45) is 5.73 Å². The highest BCUT2D eigenvalue weighted by Gasteiger charge is 2.16. The summed E-state index contributed by atoms with van der Waals surface area (Å²) in [6.45, 7) is 0.310. The van der Waals surface area contributed by atoms with Gasteiger partial charge in [-0.3, -0.25) is 5.10 Å². The van der Waals surface area contributed by atoms with E-state index >= 15 is 0 Å². The van der Waals surface area contributed by atoms with Gasteiger partial charge in [-0.2, -0.15) is 5.10 Å². The van der Waals surface area contributed by atoms with Gasteiger partial charge in [-0.25, -0.2) is 4.98 Å². The average Bonchev–Trinajstić information content (AvgIpc) is 2.86. The Labute approximate surface area is 98.8 Å². The Balaban J connectivity index is 2.55. The molecule has 0 unspecified atom stereocenters. The van der Waals surface area contributed by atoms with Crippen LogP contribution in [-0.4, -0.2) is 29.4 Å². The zero-order valence-electron chi connectivity index (χ0n) is 9.73. The van der Waals surface area contributed by atoms with Crippen molar-refractivity contribution in [1.82, 2.24) is 15.2 Å². The Morgan fingerprint density at radius 3 is 2.35 bits per heavy atom. The predicted octanol–water partition coefficient (Wildman–Crippen LogP) is 0.948. The van der Waals surface area contributed by atoms with Gasteiger partial charge in [0, 0.05) is 0 Å². The maximum absolute atomic E-state index is 5.49. The maximum atomic E-state index is 5.49. The SMILES string of the molecule is COc1cccc(OC)c1-c1n[nH]c(CN)n1. The lowest BCUT2D eigenvalue weighted by Crippen LogP contribution is -1.98. The lowest BCUT2D eigenvalue weighted by atomic mass is 10.1. The number of benzene rings is 1. The quantitative estimate of drug-likeness (QED) is 0.822. The Morgan fingerprint density at radius 2 is 1.88 bits per heavy atom. The number of nitrogens with zero attached hydrogens (tertiary/aromatic N) is 2. The van der Waals surface area contributed by atoms with E-state index in [1.807, 2.05) is 18.2 Å². The summed E-state index contributed by atoms with van der Waals surface area (Å²) in [5.41, 5.74) is 6.20. The molecule has 0 atom stereocenters. The van der Waals surface area contributed by atoms with E-state index in [9.17, 15) is 0 Å². The molecule has 1 heterocycles. The van der Waals surface area contributed by atoms with Gasteiger partial charge in [0.1, 0.15) is 22.9 Å². The molecular formula is C11H14N4O2. The van der Waals surface area contributed by atoms with Crippen molar-refractivity contribution in [2.45, 2.75) is 6.54 Å². The first kappa shape index (κ1) is 11.4. The average molecular weight is 234 g/mol. The number of hydrogen-bond donors (Lipinski definition) is 2. The van der Waals surface area contributed by atoms with Gasteiger partial charge >= 0.3 is 0 Å². The lowest BCUT2D eigenvalue weighted by Gasteiger charge is -2.09. The summed E-state index contributed by atoms with van der Waals surface area (Å²) in [5, 5.41) is 6.86. The fourth-order valence-corrected chi connectivity index (χ4v) is 1.57. The number of aromatic amines is 1. The molecule has 17 heavy (non-hydrogen) atoms. The maximum Gasteiger partial charge on any atom is 0.188 e. The van der Waals surface area contributed by atoms with Gasteiger partial charge in [0.25, 0.3) is 0 Å². The number of rotatable bonds is 4. The lowest BCUT2D eigenvalue weighted by molar-refractivity contribution is 0.397. The van der Waals surface area contributed by atoms with Crippen molar-refractivity contribution in [3.63, 3.8) is 0 Å². The molecule has 0 spiro atoms. The molecule has 3 N–H and O–H groups in total. The number of methoxy groups -OCH3 is 2. The molecule has 1 aromatic carbocycles. The largest absolute Gasteiger partial charge is 0.496 e. The van der Waals surface area contributed by atoms with Crippen LogP contribution in [0.25, 0.3) is 11.4 Å². The van der Waals surface area contributed by atoms with Crippen molar-refractivity contribution in [3.8, 4) is 22.9 Å². The predicted molar refractivity (Wildman–Crippen MR) is 62.8 cm³/mol. The van der Waals surface area contributed by atoms with Gasteiger partial charge in [-0.15, -0.1) is 0 Å². The molecule has 0 fully saturated rings. The molecule has 0 aliphatic carbocycles. The van der Waals surface area contributed by atoms with Crippen LogP contribution in [0.3, 0.4) is 0 Å². The minimum atomic E-state index is 0.310. The van der Waals surface area contributed by atoms with E-state index < -0.39 is 0 Å². The Morgan fingerprint density at radius 1 is 1.24 bits per heavy atom. The zero-order chi connectivity index (χ0) is 12.3.